The van der Waals surface area contributed by atoms with Crippen LogP contribution in [0.1, 0.15) is 78.5 Å². The second-order valence-corrected chi connectivity index (χ2v) is 9.82. The van der Waals surface area contributed by atoms with Gasteiger partial charge in [-0.15, -0.1) is 0 Å². The van der Waals surface area contributed by atoms with Crippen LogP contribution in [-0.2, 0) is 9.59 Å². The van der Waals surface area contributed by atoms with Gasteiger partial charge in [0.25, 0.3) is 11.8 Å². The molecule has 0 radical (unpaired) electrons. The second-order valence-electron chi connectivity index (χ2n) is 9.82. The van der Waals surface area contributed by atoms with Gasteiger partial charge in [0.05, 0.1) is 0 Å². The quantitative estimate of drug-likeness (QED) is 0.545. The minimum Gasteiger partial charge on any atom is -0.339 e. The van der Waals surface area contributed by atoms with Crippen molar-refractivity contribution in [2.45, 2.75) is 57.8 Å². The SMILES string of the molecule is O=C(CCCC(=O)Nc1cccc(C(=O)N2CCCCC2)c1)Nc1cccc(C(=O)N2CCCCC2)c1. The Hall–Kier alpha value is -3.68. The van der Waals surface area contributed by atoms with Crippen LogP contribution in [0.3, 0.4) is 0 Å². The number of nitrogens with one attached hydrogen (secondary N) is 2. The van der Waals surface area contributed by atoms with Gasteiger partial charge in [0, 0.05) is 61.5 Å². The number of hydrogen-bond donors (Lipinski definition) is 2. The van der Waals surface area contributed by atoms with Gasteiger partial charge in [-0.05, 0) is 81.3 Å². The van der Waals surface area contributed by atoms with E-state index in [1.165, 1.54) is 0 Å². The van der Waals surface area contributed by atoms with Crippen LogP contribution in [0.2, 0.25) is 0 Å². The number of carbonyl (C=O) groups excluding carboxylic acids is 4. The van der Waals surface area contributed by atoms with E-state index in [0.717, 1.165) is 64.7 Å². The molecule has 0 saturated carbocycles. The van der Waals surface area contributed by atoms with Gasteiger partial charge >= 0.3 is 0 Å². The van der Waals surface area contributed by atoms with Gasteiger partial charge in [0.2, 0.25) is 11.8 Å². The maximum absolute atomic E-state index is 12.7. The van der Waals surface area contributed by atoms with Gasteiger partial charge in [-0.2, -0.15) is 0 Å². The summed E-state index contributed by atoms with van der Waals surface area (Å²) in [6.07, 6.45) is 7.17. The first-order chi connectivity index (χ1) is 18.0. The average molecular weight is 505 g/mol. The highest BCUT2D eigenvalue weighted by molar-refractivity contribution is 5.98. The van der Waals surface area contributed by atoms with Crippen molar-refractivity contribution in [2.24, 2.45) is 0 Å². The third-order valence-corrected chi connectivity index (χ3v) is 6.88. The summed E-state index contributed by atoms with van der Waals surface area (Å²) < 4.78 is 0. The summed E-state index contributed by atoms with van der Waals surface area (Å²) in [5.41, 5.74) is 2.29. The van der Waals surface area contributed by atoms with Crippen molar-refractivity contribution in [3.05, 3.63) is 59.7 Å². The predicted molar refractivity (Wildman–Crippen MR) is 144 cm³/mol. The van der Waals surface area contributed by atoms with Crippen molar-refractivity contribution < 1.29 is 19.2 Å². The number of carbonyl (C=O) groups is 4. The van der Waals surface area contributed by atoms with E-state index in [0.29, 0.717) is 28.9 Å². The summed E-state index contributed by atoms with van der Waals surface area (Å²) in [6.45, 7) is 3.10. The van der Waals surface area contributed by atoms with E-state index in [-0.39, 0.29) is 36.5 Å². The molecule has 2 aromatic rings. The first-order valence-corrected chi connectivity index (χ1v) is 13.4. The number of benzene rings is 2. The lowest BCUT2D eigenvalue weighted by molar-refractivity contribution is -0.117. The Labute approximate surface area is 218 Å². The Bertz CT molecular complexity index is 1030. The zero-order valence-electron chi connectivity index (χ0n) is 21.3. The summed E-state index contributed by atoms with van der Waals surface area (Å²) >= 11 is 0. The monoisotopic (exact) mass is 504 g/mol. The van der Waals surface area contributed by atoms with Crippen LogP contribution in [0.15, 0.2) is 48.5 Å². The fraction of sp³-hybridized carbons (Fsp3) is 0.448. The first kappa shape index (κ1) is 26.4. The summed E-state index contributed by atoms with van der Waals surface area (Å²) in [5, 5.41) is 5.66. The summed E-state index contributed by atoms with van der Waals surface area (Å²) in [5.74, 6) is -0.419. The minimum absolute atomic E-state index is 0.00540. The van der Waals surface area contributed by atoms with E-state index >= 15 is 0 Å². The maximum atomic E-state index is 12.7. The molecule has 37 heavy (non-hydrogen) atoms. The molecule has 4 amide bonds. The molecule has 8 nitrogen and oxygen atoms in total. The van der Waals surface area contributed by atoms with E-state index in [2.05, 4.69) is 10.6 Å². The first-order valence-electron chi connectivity index (χ1n) is 13.4. The van der Waals surface area contributed by atoms with Crippen LogP contribution in [0.25, 0.3) is 0 Å². The number of likely N-dealkylation sites (tertiary alicyclic amines) is 2. The number of hydrogen-bond acceptors (Lipinski definition) is 4. The molecule has 8 heteroatoms. The van der Waals surface area contributed by atoms with Gasteiger partial charge in [-0.1, -0.05) is 12.1 Å². The third kappa shape index (κ3) is 7.65. The Morgan fingerprint density at radius 1 is 0.595 bits per heavy atom. The van der Waals surface area contributed by atoms with Crippen LogP contribution >= 0.6 is 0 Å². The molecular formula is C29H36N4O4. The summed E-state index contributed by atoms with van der Waals surface area (Å²) in [6, 6.07) is 14.0. The maximum Gasteiger partial charge on any atom is 0.253 e. The Kier molecular flexibility index (Phi) is 9.29. The van der Waals surface area contributed by atoms with E-state index in [9.17, 15) is 19.2 Å². The zero-order valence-corrected chi connectivity index (χ0v) is 21.3. The molecular weight excluding hydrogens is 468 g/mol. The standard InChI is InChI=1S/C29H36N4O4/c34-26(30-24-12-7-10-22(20-24)28(36)32-16-3-1-4-17-32)14-9-15-27(35)31-25-13-8-11-23(21-25)29(37)33-18-5-2-6-19-33/h7-8,10-13,20-21H,1-6,9,14-19H2,(H,30,34)(H,31,35). The van der Waals surface area contributed by atoms with Crippen molar-refractivity contribution in [2.75, 3.05) is 36.8 Å². The predicted octanol–water partition coefficient (Wildman–Crippen LogP) is 4.69. The van der Waals surface area contributed by atoms with Gasteiger partial charge < -0.3 is 20.4 Å². The topological polar surface area (TPSA) is 98.8 Å². The number of anilines is 2. The molecule has 196 valence electrons. The molecule has 0 aliphatic carbocycles. The third-order valence-electron chi connectivity index (χ3n) is 6.88. The highest BCUT2D eigenvalue weighted by atomic mass is 16.2. The molecule has 0 unspecified atom stereocenters. The molecule has 2 saturated heterocycles. The fourth-order valence-electron chi connectivity index (χ4n) is 4.88. The second kappa shape index (κ2) is 13.0. The molecule has 2 aliphatic heterocycles. The molecule has 0 aromatic heterocycles. The number of nitrogens with zero attached hydrogens (tertiary/aromatic N) is 2. The van der Waals surface area contributed by atoms with Gasteiger partial charge in [0.15, 0.2) is 0 Å². The number of amides is 4. The minimum atomic E-state index is -0.204. The van der Waals surface area contributed by atoms with Gasteiger partial charge in [0.1, 0.15) is 0 Å². The average Bonchev–Trinajstić information content (AvgIpc) is 2.93. The molecule has 0 spiro atoms. The normalized spacial score (nSPS) is 15.7. The van der Waals surface area contributed by atoms with Crippen molar-refractivity contribution in [3.63, 3.8) is 0 Å². The number of piperidine rings is 2. The Balaban J connectivity index is 1.21. The lowest BCUT2D eigenvalue weighted by atomic mass is 10.1. The molecule has 2 aliphatic rings. The van der Waals surface area contributed by atoms with Crippen molar-refractivity contribution in [3.8, 4) is 0 Å². The van der Waals surface area contributed by atoms with E-state index in [1.807, 2.05) is 9.80 Å². The largest absolute Gasteiger partial charge is 0.339 e. The summed E-state index contributed by atoms with van der Waals surface area (Å²) in [4.78, 5) is 54.0. The lowest BCUT2D eigenvalue weighted by Gasteiger charge is -2.26. The highest BCUT2D eigenvalue weighted by Crippen LogP contribution is 2.18. The number of rotatable bonds is 8. The smallest absolute Gasteiger partial charge is 0.253 e. The van der Waals surface area contributed by atoms with E-state index in [1.54, 1.807) is 48.5 Å². The molecule has 2 N–H and O–H groups in total. The summed E-state index contributed by atoms with van der Waals surface area (Å²) in [7, 11) is 0. The molecule has 2 fully saturated rings. The molecule has 0 atom stereocenters. The van der Waals surface area contributed by atoms with Gasteiger partial charge in [-0.25, -0.2) is 0 Å². The Morgan fingerprint density at radius 2 is 1.00 bits per heavy atom. The molecule has 2 aromatic carbocycles. The van der Waals surface area contributed by atoms with E-state index < -0.39 is 0 Å². The van der Waals surface area contributed by atoms with Crippen molar-refractivity contribution in [1.82, 2.24) is 9.80 Å². The van der Waals surface area contributed by atoms with E-state index in [4.69, 9.17) is 0 Å². The van der Waals surface area contributed by atoms with Crippen molar-refractivity contribution in [1.29, 1.82) is 0 Å². The van der Waals surface area contributed by atoms with Crippen molar-refractivity contribution >= 4 is 35.0 Å². The molecule has 0 bridgehead atoms. The lowest BCUT2D eigenvalue weighted by Crippen LogP contribution is -2.35. The highest BCUT2D eigenvalue weighted by Gasteiger charge is 2.20. The fourth-order valence-corrected chi connectivity index (χ4v) is 4.88. The van der Waals surface area contributed by atoms with Crippen LogP contribution in [-0.4, -0.2) is 59.6 Å². The van der Waals surface area contributed by atoms with Crippen LogP contribution < -0.4 is 10.6 Å². The Morgan fingerprint density at radius 3 is 1.41 bits per heavy atom. The van der Waals surface area contributed by atoms with Crippen LogP contribution in [0, 0.1) is 0 Å². The molecule has 2 heterocycles. The molecule has 4 rings (SSSR count). The van der Waals surface area contributed by atoms with Crippen LogP contribution in [0.5, 0.6) is 0 Å². The van der Waals surface area contributed by atoms with Crippen LogP contribution in [0.4, 0.5) is 11.4 Å². The zero-order chi connectivity index (χ0) is 26.0. The van der Waals surface area contributed by atoms with Gasteiger partial charge in [-0.3, -0.25) is 19.2 Å².